The molecule has 0 spiro atoms. The van der Waals surface area contributed by atoms with Crippen LogP contribution in [0.3, 0.4) is 0 Å². The molecule has 0 unspecified atom stereocenters. The molecule has 0 fully saturated rings. The number of para-hydroxylation sites is 1. The lowest BCUT2D eigenvalue weighted by Gasteiger charge is -2.35. The number of hydrogen-bond acceptors (Lipinski definition) is 4. The van der Waals surface area contributed by atoms with Crippen LogP contribution in [-0.2, 0) is 32.8 Å². The summed E-state index contributed by atoms with van der Waals surface area (Å²) in [6, 6.07) is 18.0. The van der Waals surface area contributed by atoms with Crippen molar-refractivity contribution in [2.45, 2.75) is 45.3 Å². The predicted octanol–water partition coefficient (Wildman–Crippen LogP) is 5.30. The molecular weight excluding hydrogens is 602 g/mol. The molecule has 0 saturated heterocycles. The maximum absolute atomic E-state index is 14.9. The number of hydrogen-bond donors (Lipinski definition) is 1. The lowest BCUT2D eigenvalue weighted by molar-refractivity contribution is -0.140. The van der Waals surface area contributed by atoms with E-state index >= 15 is 0 Å². The zero-order valence-electron chi connectivity index (χ0n) is 23.9. The molecule has 3 rings (SSSR count). The number of nitrogens with one attached hydrogen (secondary N) is 1. The van der Waals surface area contributed by atoms with Gasteiger partial charge in [-0.1, -0.05) is 78.7 Å². The minimum Gasteiger partial charge on any atom is -0.352 e. The molecule has 0 aliphatic carbocycles. The van der Waals surface area contributed by atoms with E-state index in [0.717, 1.165) is 15.9 Å². The Balaban J connectivity index is 2.14. The van der Waals surface area contributed by atoms with Gasteiger partial charge in [0.1, 0.15) is 18.4 Å². The van der Waals surface area contributed by atoms with Crippen molar-refractivity contribution in [1.29, 1.82) is 0 Å². The van der Waals surface area contributed by atoms with Crippen LogP contribution in [0.2, 0.25) is 10.0 Å². The van der Waals surface area contributed by atoms with Crippen molar-refractivity contribution < 1.29 is 22.4 Å². The van der Waals surface area contributed by atoms with Gasteiger partial charge >= 0.3 is 10.2 Å². The Kier molecular flexibility index (Phi) is 11.8. The molecule has 226 valence electrons. The van der Waals surface area contributed by atoms with E-state index in [2.05, 4.69) is 5.32 Å². The van der Waals surface area contributed by atoms with E-state index in [4.69, 9.17) is 23.2 Å². The maximum Gasteiger partial charge on any atom is 0.304 e. The van der Waals surface area contributed by atoms with Gasteiger partial charge in [0, 0.05) is 43.1 Å². The van der Waals surface area contributed by atoms with Gasteiger partial charge in [0.2, 0.25) is 11.8 Å². The van der Waals surface area contributed by atoms with Gasteiger partial charge in [-0.05, 0) is 48.7 Å². The molecule has 0 saturated carbocycles. The number of halogens is 3. The third kappa shape index (κ3) is 8.44. The lowest BCUT2D eigenvalue weighted by atomic mass is 10.0. The predicted molar refractivity (Wildman–Crippen MR) is 165 cm³/mol. The van der Waals surface area contributed by atoms with E-state index in [1.54, 1.807) is 12.1 Å². The summed E-state index contributed by atoms with van der Waals surface area (Å²) in [5, 5.41) is 3.61. The summed E-state index contributed by atoms with van der Waals surface area (Å²) in [5.74, 6) is -1.96. The molecule has 0 aliphatic rings. The average Bonchev–Trinajstić information content (AvgIpc) is 2.95. The van der Waals surface area contributed by atoms with Crippen LogP contribution in [0.5, 0.6) is 0 Å². The van der Waals surface area contributed by atoms with E-state index in [-0.39, 0.29) is 29.7 Å². The Hall–Kier alpha value is -3.18. The first-order valence-corrected chi connectivity index (χ1v) is 15.5. The summed E-state index contributed by atoms with van der Waals surface area (Å²) in [4.78, 5) is 29.2. The molecule has 2 atom stereocenters. The van der Waals surface area contributed by atoms with Crippen molar-refractivity contribution in [2.24, 2.45) is 0 Å². The van der Waals surface area contributed by atoms with Gasteiger partial charge in [0.25, 0.3) is 0 Å². The number of amides is 2. The van der Waals surface area contributed by atoms with Crippen LogP contribution in [0.15, 0.2) is 72.8 Å². The second-order valence-corrected chi connectivity index (χ2v) is 12.9. The number of carbonyl (C=O) groups excluding carboxylic acids is 2. The fourth-order valence-electron chi connectivity index (χ4n) is 4.18. The summed E-state index contributed by atoms with van der Waals surface area (Å²) < 4.78 is 43.3. The van der Waals surface area contributed by atoms with E-state index in [1.807, 2.05) is 44.2 Å². The second-order valence-electron chi connectivity index (χ2n) is 10.0. The van der Waals surface area contributed by atoms with Crippen molar-refractivity contribution in [1.82, 2.24) is 14.5 Å². The van der Waals surface area contributed by atoms with Gasteiger partial charge in [-0.15, -0.1) is 0 Å². The Bertz CT molecular complexity index is 1490. The van der Waals surface area contributed by atoms with E-state index in [9.17, 15) is 22.4 Å². The fourth-order valence-corrected chi connectivity index (χ4v) is 5.72. The van der Waals surface area contributed by atoms with Gasteiger partial charge in [-0.3, -0.25) is 9.59 Å². The summed E-state index contributed by atoms with van der Waals surface area (Å²) in [5.41, 5.74) is 0.984. The second kappa shape index (κ2) is 14.8. The maximum atomic E-state index is 14.9. The molecule has 3 aromatic rings. The first-order chi connectivity index (χ1) is 19.8. The monoisotopic (exact) mass is 636 g/mol. The standard InChI is InChI=1S/C30H35Cl2FN4O4S/c1-5-21(2)34-30(39)28(17-22-11-7-6-8-12-22)36(19-23-15-16-24(31)18-25(23)32)29(38)20-37(42(40,41)35(3)4)27-14-10-9-13-26(27)33/h6-16,18,21,28H,5,17,19-20H2,1-4H3,(H,34,39)/t21-,28+/m0/s1. The van der Waals surface area contributed by atoms with Crippen molar-refractivity contribution >= 4 is 50.9 Å². The van der Waals surface area contributed by atoms with Gasteiger partial charge in [-0.25, -0.2) is 8.70 Å². The summed E-state index contributed by atoms with van der Waals surface area (Å²) in [7, 11) is -1.75. The zero-order valence-corrected chi connectivity index (χ0v) is 26.3. The Morgan fingerprint density at radius 1 is 0.976 bits per heavy atom. The number of anilines is 1. The number of benzene rings is 3. The van der Waals surface area contributed by atoms with Crippen molar-refractivity contribution in [3.8, 4) is 0 Å². The minimum atomic E-state index is -4.32. The molecule has 0 heterocycles. The topological polar surface area (TPSA) is 90.0 Å². The molecule has 12 heteroatoms. The van der Waals surface area contributed by atoms with Crippen LogP contribution >= 0.6 is 23.2 Å². The highest BCUT2D eigenvalue weighted by Crippen LogP contribution is 2.27. The average molecular weight is 638 g/mol. The quantitative estimate of drug-likeness (QED) is 0.276. The summed E-state index contributed by atoms with van der Waals surface area (Å²) in [6.07, 6.45) is 0.795. The van der Waals surface area contributed by atoms with Crippen LogP contribution in [0.1, 0.15) is 31.4 Å². The molecule has 0 aromatic heterocycles. The van der Waals surface area contributed by atoms with Crippen LogP contribution in [-0.4, -0.2) is 62.2 Å². The third-order valence-electron chi connectivity index (χ3n) is 6.77. The highest BCUT2D eigenvalue weighted by Gasteiger charge is 2.36. The summed E-state index contributed by atoms with van der Waals surface area (Å²) >= 11 is 12.6. The zero-order chi connectivity index (χ0) is 31.0. The van der Waals surface area contributed by atoms with E-state index in [1.165, 1.54) is 43.3 Å². The van der Waals surface area contributed by atoms with Gasteiger partial charge in [0.15, 0.2) is 0 Å². The van der Waals surface area contributed by atoms with Gasteiger partial charge < -0.3 is 10.2 Å². The van der Waals surface area contributed by atoms with Crippen molar-refractivity contribution in [2.75, 3.05) is 24.9 Å². The van der Waals surface area contributed by atoms with Gasteiger partial charge in [-0.2, -0.15) is 12.7 Å². The first kappa shape index (κ1) is 33.3. The molecular formula is C30H35Cl2FN4O4S. The molecule has 0 aliphatic heterocycles. The van der Waals surface area contributed by atoms with E-state index in [0.29, 0.717) is 21.3 Å². The Morgan fingerprint density at radius 3 is 2.21 bits per heavy atom. The SMILES string of the molecule is CC[C@H](C)NC(=O)[C@@H](Cc1ccccc1)N(Cc1ccc(Cl)cc1Cl)C(=O)CN(c1ccccc1F)S(=O)(=O)N(C)C. The van der Waals surface area contributed by atoms with Crippen LogP contribution < -0.4 is 9.62 Å². The van der Waals surface area contributed by atoms with Crippen LogP contribution in [0.25, 0.3) is 0 Å². The molecule has 42 heavy (non-hydrogen) atoms. The lowest BCUT2D eigenvalue weighted by Crippen LogP contribution is -2.55. The van der Waals surface area contributed by atoms with Gasteiger partial charge in [0.05, 0.1) is 5.69 Å². The van der Waals surface area contributed by atoms with Crippen molar-refractivity contribution in [3.63, 3.8) is 0 Å². The van der Waals surface area contributed by atoms with Crippen LogP contribution in [0, 0.1) is 5.82 Å². The molecule has 2 amide bonds. The molecule has 1 N–H and O–H groups in total. The molecule has 0 bridgehead atoms. The Morgan fingerprint density at radius 2 is 1.62 bits per heavy atom. The van der Waals surface area contributed by atoms with Crippen LogP contribution in [0.4, 0.5) is 10.1 Å². The first-order valence-electron chi connectivity index (χ1n) is 13.4. The Labute approximate surface area is 257 Å². The molecule has 0 radical (unpaired) electrons. The largest absolute Gasteiger partial charge is 0.352 e. The van der Waals surface area contributed by atoms with E-state index < -0.39 is 40.4 Å². The number of carbonyl (C=O) groups is 2. The molecule has 3 aromatic carbocycles. The minimum absolute atomic E-state index is 0.132. The smallest absolute Gasteiger partial charge is 0.304 e. The molecule has 8 nitrogen and oxygen atoms in total. The third-order valence-corrected chi connectivity index (χ3v) is 9.16. The van der Waals surface area contributed by atoms with Crippen molar-refractivity contribution in [3.05, 3.63) is 99.8 Å². The highest BCUT2D eigenvalue weighted by atomic mass is 35.5. The highest BCUT2D eigenvalue weighted by molar-refractivity contribution is 7.90. The fraction of sp³-hybridized carbons (Fsp3) is 0.333. The number of nitrogens with zero attached hydrogens (tertiary/aromatic N) is 3. The summed E-state index contributed by atoms with van der Waals surface area (Å²) in [6.45, 7) is 2.87. The normalized spacial score (nSPS) is 13.0. The number of rotatable bonds is 13.